The fourth-order valence-electron chi connectivity index (χ4n) is 2.77. The third-order valence-corrected chi connectivity index (χ3v) is 4.21. The number of amides is 1. The highest BCUT2D eigenvalue weighted by atomic mass is 35.5. The Hall–Kier alpha value is -3.24. The Balaban J connectivity index is 1.81. The number of halogens is 1. The van der Waals surface area contributed by atoms with Crippen molar-refractivity contribution in [2.75, 3.05) is 5.32 Å². The van der Waals surface area contributed by atoms with Crippen LogP contribution in [-0.4, -0.2) is 15.9 Å². The van der Waals surface area contributed by atoms with Crippen LogP contribution in [0.2, 0.25) is 5.02 Å². The van der Waals surface area contributed by atoms with Gasteiger partial charge < -0.3 is 5.32 Å². The minimum atomic E-state index is -0.219. The minimum absolute atomic E-state index is 0.219. The Morgan fingerprint density at radius 1 is 0.885 bits per heavy atom. The number of carbonyl (C=O) groups excluding carboxylic acids is 1. The van der Waals surface area contributed by atoms with Crippen molar-refractivity contribution < 1.29 is 4.79 Å². The first-order chi connectivity index (χ1) is 12.7. The summed E-state index contributed by atoms with van der Waals surface area (Å²) in [6.45, 7) is 0. The summed E-state index contributed by atoms with van der Waals surface area (Å²) >= 11 is 6.01. The lowest BCUT2D eigenvalue weighted by molar-refractivity contribution is 0.102. The molecule has 0 spiro atoms. The molecule has 4 aromatic rings. The van der Waals surface area contributed by atoms with Crippen LogP contribution in [-0.2, 0) is 0 Å². The van der Waals surface area contributed by atoms with Gasteiger partial charge in [0.2, 0.25) is 0 Å². The maximum atomic E-state index is 12.9. The number of nitrogens with zero attached hydrogens (tertiary/aromatic N) is 2. The zero-order valence-corrected chi connectivity index (χ0v) is 14.4. The molecule has 1 amide bonds. The van der Waals surface area contributed by atoms with Crippen LogP contribution in [0.5, 0.6) is 0 Å². The second kappa shape index (κ2) is 6.94. The molecule has 2 aromatic carbocycles. The molecule has 0 atom stereocenters. The zero-order valence-electron chi connectivity index (χ0n) is 13.7. The number of hydrogen-bond acceptors (Lipinski definition) is 3. The monoisotopic (exact) mass is 359 g/mol. The summed E-state index contributed by atoms with van der Waals surface area (Å²) < 4.78 is 0. The van der Waals surface area contributed by atoms with Gasteiger partial charge in [-0.15, -0.1) is 0 Å². The van der Waals surface area contributed by atoms with E-state index in [1.807, 2.05) is 42.5 Å². The molecule has 0 bridgehead atoms. The predicted octanol–water partition coefficient (Wildman–Crippen LogP) is 5.20. The molecule has 0 aliphatic heterocycles. The Bertz CT molecular complexity index is 1100. The lowest BCUT2D eigenvalue weighted by Gasteiger charge is -2.10. The van der Waals surface area contributed by atoms with Crippen LogP contribution in [0.15, 0.2) is 79.0 Å². The van der Waals surface area contributed by atoms with Gasteiger partial charge in [-0.05, 0) is 42.5 Å². The Morgan fingerprint density at radius 3 is 2.54 bits per heavy atom. The summed E-state index contributed by atoms with van der Waals surface area (Å²) in [6.07, 6.45) is 1.71. The summed E-state index contributed by atoms with van der Waals surface area (Å²) in [5.74, 6) is -0.219. The number of para-hydroxylation sites is 1. The van der Waals surface area contributed by atoms with E-state index in [1.54, 1.807) is 36.5 Å². The van der Waals surface area contributed by atoms with E-state index in [0.29, 0.717) is 22.0 Å². The molecule has 0 aliphatic carbocycles. The van der Waals surface area contributed by atoms with Crippen LogP contribution >= 0.6 is 11.6 Å². The van der Waals surface area contributed by atoms with E-state index in [1.165, 1.54) is 0 Å². The molecule has 4 nitrogen and oxygen atoms in total. The van der Waals surface area contributed by atoms with Crippen molar-refractivity contribution in [3.05, 3.63) is 89.6 Å². The lowest BCUT2D eigenvalue weighted by atomic mass is 10.1. The Kier molecular flexibility index (Phi) is 4.33. The molecule has 2 heterocycles. The smallest absolute Gasteiger partial charge is 0.256 e. The van der Waals surface area contributed by atoms with E-state index < -0.39 is 0 Å². The molecule has 0 saturated carbocycles. The average Bonchev–Trinajstić information content (AvgIpc) is 2.68. The van der Waals surface area contributed by atoms with E-state index in [-0.39, 0.29) is 5.91 Å². The molecule has 0 unspecified atom stereocenters. The number of fused-ring (bicyclic) bond motifs is 1. The van der Waals surface area contributed by atoms with Crippen molar-refractivity contribution in [3.63, 3.8) is 0 Å². The van der Waals surface area contributed by atoms with Crippen LogP contribution in [0, 0.1) is 0 Å². The fourth-order valence-corrected chi connectivity index (χ4v) is 2.96. The molecule has 0 saturated heterocycles. The SMILES string of the molecule is O=C(Nc1cccc(Cl)c1)c1cc(-c2ccccn2)nc2ccccc12. The standard InChI is InChI=1S/C21H14ClN3O/c22-14-6-5-7-15(12-14)24-21(26)17-13-20(19-10-3-4-11-23-19)25-18-9-2-1-8-16(17)18/h1-13H,(H,24,26). The largest absolute Gasteiger partial charge is 0.322 e. The van der Waals surface area contributed by atoms with E-state index in [0.717, 1.165) is 16.6 Å². The van der Waals surface area contributed by atoms with Crippen LogP contribution < -0.4 is 5.32 Å². The van der Waals surface area contributed by atoms with E-state index in [2.05, 4.69) is 15.3 Å². The van der Waals surface area contributed by atoms with Crippen molar-refractivity contribution in [2.45, 2.75) is 0 Å². The van der Waals surface area contributed by atoms with Gasteiger partial charge in [-0.1, -0.05) is 41.9 Å². The number of rotatable bonds is 3. The van der Waals surface area contributed by atoms with Crippen molar-refractivity contribution in [1.82, 2.24) is 9.97 Å². The predicted molar refractivity (Wildman–Crippen MR) is 104 cm³/mol. The van der Waals surface area contributed by atoms with Crippen LogP contribution in [0.25, 0.3) is 22.3 Å². The molecule has 0 radical (unpaired) electrons. The molecule has 26 heavy (non-hydrogen) atoms. The first-order valence-corrected chi connectivity index (χ1v) is 8.46. The van der Waals surface area contributed by atoms with Gasteiger partial charge in [0.1, 0.15) is 0 Å². The summed E-state index contributed by atoms with van der Waals surface area (Å²) in [7, 11) is 0. The third-order valence-electron chi connectivity index (χ3n) is 3.97. The van der Waals surface area contributed by atoms with Gasteiger partial charge in [0.25, 0.3) is 5.91 Å². The van der Waals surface area contributed by atoms with Gasteiger partial charge in [0.15, 0.2) is 0 Å². The van der Waals surface area contributed by atoms with Gasteiger partial charge >= 0.3 is 0 Å². The van der Waals surface area contributed by atoms with Gasteiger partial charge in [-0.25, -0.2) is 4.98 Å². The van der Waals surface area contributed by atoms with Crippen molar-refractivity contribution in [1.29, 1.82) is 0 Å². The summed E-state index contributed by atoms with van der Waals surface area (Å²) in [4.78, 5) is 21.9. The number of carbonyl (C=O) groups is 1. The third kappa shape index (κ3) is 3.27. The van der Waals surface area contributed by atoms with Crippen molar-refractivity contribution >= 4 is 34.1 Å². The van der Waals surface area contributed by atoms with E-state index >= 15 is 0 Å². The number of nitrogens with one attached hydrogen (secondary N) is 1. The molecule has 126 valence electrons. The quantitative estimate of drug-likeness (QED) is 0.546. The zero-order chi connectivity index (χ0) is 17.9. The highest BCUT2D eigenvalue weighted by molar-refractivity contribution is 6.31. The second-order valence-electron chi connectivity index (χ2n) is 5.75. The van der Waals surface area contributed by atoms with Crippen molar-refractivity contribution in [3.8, 4) is 11.4 Å². The van der Waals surface area contributed by atoms with Crippen LogP contribution in [0.3, 0.4) is 0 Å². The van der Waals surface area contributed by atoms with Gasteiger partial charge in [0.05, 0.1) is 22.5 Å². The topological polar surface area (TPSA) is 54.9 Å². The molecular formula is C21H14ClN3O. The van der Waals surface area contributed by atoms with Crippen molar-refractivity contribution in [2.24, 2.45) is 0 Å². The normalized spacial score (nSPS) is 10.7. The Labute approximate surface area is 155 Å². The maximum Gasteiger partial charge on any atom is 0.256 e. The molecule has 1 N–H and O–H groups in total. The summed E-state index contributed by atoms with van der Waals surface area (Å²) in [6, 6.07) is 22.0. The highest BCUT2D eigenvalue weighted by Crippen LogP contribution is 2.25. The molecule has 0 aliphatic rings. The van der Waals surface area contributed by atoms with Gasteiger partial charge in [-0.2, -0.15) is 0 Å². The number of benzene rings is 2. The average molecular weight is 360 g/mol. The molecule has 0 fully saturated rings. The first kappa shape index (κ1) is 16.2. The fraction of sp³-hybridized carbons (Fsp3) is 0. The molecule has 5 heteroatoms. The second-order valence-corrected chi connectivity index (χ2v) is 6.19. The highest BCUT2D eigenvalue weighted by Gasteiger charge is 2.14. The number of anilines is 1. The maximum absolute atomic E-state index is 12.9. The summed E-state index contributed by atoms with van der Waals surface area (Å²) in [5.41, 5.74) is 3.29. The van der Waals surface area contributed by atoms with E-state index in [9.17, 15) is 4.79 Å². The lowest BCUT2D eigenvalue weighted by Crippen LogP contribution is -2.13. The molecule has 4 rings (SSSR count). The van der Waals surface area contributed by atoms with Gasteiger partial charge in [-0.3, -0.25) is 9.78 Å². The number of aromatic nitrogens is 2. The number of hydrogen-bond donors (Lipinski definition) is 1. The first-order valence-electron chi connectivity index (χ1n) is 8.09. The molecular weight excluding hydrogens is 346 g/mol. The number of pyridine rings is 2. The summed E-state index contributed by atoms with van der Waals surface area (Å²) in [5, 5.41) is 4.25. The molecule has 2 aromatic heterocycles. The Morgan fingerprint density at radius 2 is 1.73 bits per heavy atom. The minimum Gasteiger partial charge on any atom is -0.322 e. The van der Waals surface area contributed by atoms with E-state index in [4.69, 9.17) is 11.6 Å². The van der Waals surface area contributed by atoms with Gasteiger partial charge in [0, 0.05) is 22.3 Å². The van der Waals surface area contributed by atoms with Crippen LogP contribution in [0.4, 0.5) is 5.69 Å². The van der Waals surface area contributed by atoms with Crippen LogP contribution in [0.1, 0.15) is 10.4 Å².